The molecule has 0 saturated carbocycles. The molecule has 1 aromatic rings. The predicted octanol–water partition coefficient (Wildman–Crippen LogP) is 2.37. The number of benzene rings is 1. The van der Waals surface area contributed by atoms with E-state index in [9.17, 15) is 0 Å². The Hall–Kier alpha value is -0.860. The van der Waals surface area contributed by atoms with Crippen molar-refractivity contribution < 1.29 is 4.74 Å². The quantitative estimate of drug-likeness (QED) is 0.749. The maximum absolute atomic E-state index is 5.10. The largest absolute Gasteiger partial charge is 0.385 e. The van der Waals surface area contributed by atoms with Crippen molar-refractivity contribution in [2.24, 2.45) is 0 Å². The van der Waals surface area contributed by atoms with Gasteiger partial charge in [0.2, 0.25) is 0 Å². The zero-order chi connectivity index (χ0) is 10.2. The smallest absolute Gasteiger partial charge is 0.0480 e. The second-order valence-corrected chi connectivity index (χ2v) is 3.30. The van der Waals surface area contributed by atoms with E-state index in [0.717, 1.165) is 19.6 Å². The molecule has 2 heteroatoms. The van der Waals surface area contributed by atoms with Crippen LogP contribution in [-0.2, 0) is 4.74 Å². The van der Waals surface area contributed by atoms with Gasteiger partial charge in [0.25, 0.3) is 0 Å². The number of hydrogen-bond donors (Lipinski definition) is 1. The maximum Gasteiger partial charge on any atom is 0.0480 e. The molecule has 0 fully saturated rings. The van der Waals surface area contributed by atoms with E-state index in [2.05, 4.69) is 36.5 Å². The van der Waals surface area contributed by atoms with Gasteiger partial charge in [-0.2, -0.15) is 0 Å². The lowest BCUT2D eigenvalue weighted by Crippen LogP contribution is -2.22. The molecule has 1 atom stereocenters. The zero-order valence-corrected chi connectivity index (χ0v) is 8.99. The van der Waals surface area contributed by atoms with E-state index in [4.69, 9.17) is 4.74 Å². The van der Waals surface area contributed by atoms with Crippen molar-refractivity contribution in [1.29, 1.82) is 0 Å². The van der Waals surface area contributed by atoms with Crippen LogP contribution in [0.15, 0.2) is 30.3 Å². The van der Waals surface area contributed by atoms with Gasteiger partial charge in [-0.05, 0) is 18.5 Å². The first-order valence-corrected chi connectivity index (χ1v) is 5.15. The monoisotopic (exact) mass is 193 g/mol. The molecule has 1 unspecified atom stereocenters. The summed E-state index contributed by atoms with van der Waals surface area (Å²) in [5, 5.41) is 3.45. The number of hydrogen-bond acceptors (Lipinski definition) is 2. The first kappa shape index (κ1) is 11.2. The third-order valence-corrected chi connectivity index (χ3v) is 2.26. The van der Waals surface area contributed by atoms with E-state index in [-0.39, 0.29) is 0 Å². The topological polar surface area (TPSA) is 21.3 Å². The van der Waals surface area contributed by atoms with Gasteiger partial charge >= 0.3 is 0 Å². The Balaban J connectivity index is 2.58. The van der Waals surface area contributed by atoms with Crippen molar-refractivity contribution >= 4 is 0 Å². The summed E-state index contributed by atoms with van der Waals surface area (Å²) in [6.07, 6.45) is 1.02. The Morgan fingerprint density at radius 2 is 2.00 bits per heavy atom. The van der Waals surface area contributed by atoms with Crippen molar-refractivity contribution in [2.45, 2.75) is 19.4 Å². The highest BCUT2D eigenvalue weighted by molar-refractivity contribution is 5.18. The second kappa shape index (κ2) is 6.57. The van der Waals surface area contributed by atoms with Crippen LogP contribution in [0.1, 0.15) is 24.9 Å². The van der Waals surface area contributed by atoms with Gasteiger partial charge in [0, 0.05) is 19.8 Å². The van der Waals surface area contributed by atoms with Crippen LogP contribution in [0.25, 0.3) is 0 Å². The lowest BCUT2D eigenvalue weighted by molar-refractivity contribution is 0.183. The number of ether oxygens (including phenoxy) is 1. The Kier molecular flexibility index (Phi) is 5.27. The van der Waals surface area contributed by atoms with Crippen LogP contribution >= 0.6 is 0 Å². The highest BCUT2D eigenvalue weighted by Crippen LogP contribution is 2.15. The average molecular weight is 193 g/mol. The van der Waals surface area contributed by atoms with Crippen molar-refractivity contribution in [3.8, 4) is 0 Å². The van der Waals surface area contributed by atoms with E-state index < -0.39 is 0 Å². The van der Waals surface area contributed by atoms with Gasteiger partial charge in [-0.1, -0.05) is 37.3 Å². The van der Waals surface area contributed by atoms with Gasteiger partial charge in [0.15, 0.2) is 0 Å². The Morgan fingerprint density at radius 3 is 2.57 bits per heavy atom. The molecule has 2 nitrogen and oxygen atoms in total. The van der Waals surface area contributed by atoms with Crippen molar-refractivity contribution in [3.63, 3.8) is 0 Å². The summed E-state index contributed by atoms with van der Waals surface area (Å²) in [4.78, 5) is 0. The minimum atomic E-state index is 0.418. The molecule has 0 aliphatic carbocycles. The third-order valence-electron chi connectivity index (χ3n) is 2.26. The van der Waals surface area contributed by atoms with Crippen LogP contribution in [0.5, 0.6) is 0 Å². The van der Waals surface area contributed by atoms with E-state index in [1.165, 1.54) is 5.56 Å². The van der Waals surface area contributed by atoms with E-state index in [0.29, 0.717) is 6.04 Å². The molecule has 0 bridgehead atoms. The fourth-order valence-electron chi connectivity index (χ4n) is 1.55. The van der Waals surface area contributed by atoms with Crippen LogP contribution in [0.3, 0.4) is 0 Å². The molecular formula is C12H19NO. The maximum atomic E-state index is 5.10. The van der Waals surface area contributed by atoms with Gasteiger partial charge in [-0.3, -0.25) is 0 Å². The fourth-order valence-corrected chi connectivity index (χ4v) is 1.55. The highest BCUT2D eigenvalue weighted by Gasteiger charge is 2.08. The molecule has 0 saturated heterocycles. The minimum absolute atomic E-state index is 0.418. The number of rotatable bonds is 6. The van der Waals surface area contributed by atoms with Gasteiger partial charge < -0.3 is 10.1 Å². The summed E-state index contributed by atoms with van der Waals surface area (Å²) < 4.78 is 5.10. The molecule has 0 heterocycles. The lowest BCUT2D eigenvalue weighted by atomic mass is 10.0. The first-order chi connectivity index (χ1) is 6.88. The summed E-state index contributed by atoms with van der Waals surface area (Å²) in [6, 6.07) is 10.9. The molecule has 14 heavy (non-hydrogen) atoms. The molecule has 0 aliphatic heterocycles. The van der Waals surface area contributed by atoms with Crippen LogP contribution in [0, 0.1) is 0 Å². The van der Waals surface area contributed by atoms with Crippen LogP contribution in [0.4, 0.5) is 0 Å². The van der Waals surface area contributed by atoms with Crippen LogP contribution in [0.2, 0.25) is 0 Å². The molecule has 0 aromatic heterocycles. The van der Waals surface area contributed by atoms with Gasteiger partial charge in [-0.15, -0.1) is 0 Å². The molecule has 0 spiro atoms. The summed E-state index contributed by atoms with van der Waals surface area (Å²) >= 11 is 0. The number of methoxy groups -OCH3 is 1. The molecule has 1 rings (SSSR count). The van der Waals surface area contributed by atoms with Crippen molar-refractivity contribution in [3.05, 3.63) is 35.9 Å². The van der Waals surface area contributed by atoms with Gasteiger partial charge in [-0.25, -0.2) is 0 Å². The minimum Gasteiger partial charge on any atom is -0.385 e. The summed E-state index contributed by atoms with van der Waals surface area (Å²) in [7, 11) is 1.74. The normalized spacial score (nSPS) is 12.7. The molecular weight excluding hydrogens is 174 g/mol. The van der Waals surface area contributed by atoms with Crippen LogP contribution < -0.4 is 5.32 Å². The summed E-state index contributed by atoms with van der Waals surface area (Å²) in [5.41, 5.74) is 1.34. The second-order valence-electron chi connectivity index (χ2n) is 3.30. The van der Waals surface area contributed by atoms with Crippen LogP contribution in [-0.4, -0.2) is 20.3 Å². The first-order valence-electron chi connectivity index (χ1n) is 5.15. The lowest BCUT2D eigenvalue weighted by Gasteiger charge is -2.17. The van der Waals surface area contributed by atoms with Gasteiger partial charge in [0.05, 0.1) is 0 Å². The highest BCUT2D eigenvalue weighted by atomic mass is 16.5. The summed E-state index contributed by atoms with van der Waals surface area (Å²) in [6.45, 7) is 3.92. The predicted molar refractivity (Wildman–Crippen MR) is 59.4 cm³/mol. The molecule has 1 N–H and O–H groups in total. The fraction of sp³-hybridized carbons (Fsp3) is 0.500. The molecule has 78 valence electrons. The Bertz CT molecular complexity index is 235. The average Bonchev–Trinajstić information content (AvgIpc) is 2.25. The van der Waals surface area contributed by atoms with Crippen molar-refractivity contribution in [1.82, 2.24) is 5.32 Å². The molecule has 1 aromatic carbocycles. The van der Waals surface area contributed by atoms with E-state index >= 15 is 0 Å². The van der Waals surface area contributed by atoms with Gasteiger partial charge in [0.1, 0.15) is 0 Å². The third kappa shape index (κ3) is 3.48. The van der Waals surface area contributed by atoms with Crippen molar-refractivity contribution in [2.75, 3.05) is 20.3 Å². The number of nitrogens with one attached hydrogen (secondary N) is 1. The SMILES string of the molecule is CCNC(CCOC)c1ccccc1. The Labute approximate surface area is 86.3 Å². The molecule has 0 amide bonds. The Morgan fingerprint density at radius 1 is 1.29 bits per heavy atom. The zero-order valence-electron chi connectivity index (χ0n) is 8.99. The summed E-state index contributed by atoms with van der Waals surface area (Å²) in [5.74, 6) is 0. The van der Waals surface area contributed by atoms with E-state index in [1.54, 1.807) is 7.11 Å². The standard InChI is InChI=1S/C12H19NO/c1-3-13-12(9-10-14-2)11-7-5-4-6-8-11/h4-8,12-13H,3,9-10H2,1-2H3. The van der Waals surface area contributed by atoms with E-state index in [1.807, 2.05) is 6.07 Å². The molecule has 0 aliphatic rings. The molecule has 0 radical (unpaired) electrons.